The lowest BCUT2D eigenvalue weighted by Gasteiger charge is -2.09. The van der Waals surface area contributed by atoms with Crippen molar-refractivity contribution in [2.45, 2.75) is 19.5 Å². The van der Waals surface area contributed by atoms with Gasteiger partial charge < -0.3 is 15.7 Å². The number of nitrogens with zero attached hydrogens (tertiary/aromatic N) is 2. The molecule has 2 amide bonds. The number of aliphatic hydroxyl groups excluding tert-OH is 1. The van der Waals surface area contributed by atoms with Crippen LogP contribution in [0.25, 0.3) is 11.1 Å². The van der Waals surface area contributed by atoms with Gasteiger partial charge in [-0.1, -0.05) is 48.5 Å². The summed E-state index contributed by atoms with van der Waals surface area (Å²) in [7, 11) is 1.89. The predicted molar refractivity (Wildman–Crippen MR) is 105 cm³/mol. The Morgan fingerprint density at radius 3 is 2.00 bits per heavy atom. The van der Waals surface area contributed by atoms with Crippen LogP contribution in [0, 0.1) is 0 Å². The number of carbonyl (C=O) groups excluding carboxylic acids is 1. The number of hydrogen-bond donors (Lipinski definition) is 3. The summed E-state index contributed by atoms with van der Waals surface area (Å²) < 4.78 is 1.77. The van der Waals surface area contributed by atoms with Crippen LogP contribution >= 0.6 is 0 Å². The lowest BCUT2D eigenvalue weighted by molar-refractivity contribution is 0.240. The summed E-state index contributed by atoms with van der Waals surface area (Å²) >= 11 is 0. The van der Waals surface area contributed by atoms with Gasteiger partial charge in [-0.15, -0.1) is 0 Å². The van der Waals surface area contributed by atoms with Crippen molar-refractivity contribution in [3.8, 4) is 11.1 Å². The lowest BCUT2D eigenvalue weighted by atomic mass is 10.1. The number of aryl methyl sites for hydroxylation is 1. The standard InChI is InChI=1S/C21H24N4O2/c1-25-15-20(14-24-25)19-8-6-18(7-9-19)13-23-21(27)22-12-17-4-2-16(3-5-17)10-11-26/h2-9,14-15,26H,10-13H2,1H3,(H2,22,23,27). The highest BCUT2D eigenvalue weighted by molar-refractivity contribution is 5.73. The van der Waals surface area contributed by atoms with Crippen molar-refractivity contribution in [2.75, 3.05) is 6.61 Å². The first kappa shape index (κ1) is 18.7. The molecular weight excluding hydrogens is 340 g/mol. The SMILES string of the molecule is Cn1cc(-c2ccc(CNC(=O)NCc3ccc(CCO)cc3)cc2)cn1. The number of carbonyl (C=O) groups is 1. The average molecular weight is 364 g/mol. The molecule has 0 radical (unpaired) electrons. The molecule has 0 aliphatic rings. The fraction of sp³-hybridized carbons (Fsp3) is 0.238. The first-order valence-corrected chi connectivity index (χ1v) is 8.92. The van der Waals surface area contributed by atoms with E-state index in [1.54, 1.807) is 4.68 Å². The van der Waals surface area contributed by atoms with Crippen LogP contribution in [-0.4, -0.2) is 27.5 Å². The molecular formula is C21H24N4O2. The number of aromatic nitrogens is 2. The van der Waals surface area contributed by atoms with Gasteiger partial charge in [0, 0.05) is 38.5 Å². The van der Waals surface area contributed by atoms with E-state index in [9.17, 15) is 4.79 Å². The van der Waals surface area contributed by atoms with Gasteiger partial charge in [0.25, 0.3) is 0 Å². The zero-order chi connectivity index (χ0) is 19.1. The molecule has 3 N–H and O–H groups in total. The van der Waals surface area contributed by atoms with E-state index < -0.39 is 0 Å². The molecule has 3 aromatic rings. The summed E-state index contributed by atoms with van der Waals surface area (Å²) in [6, 6.07) is 15.7. The molecule has 0 fully saturated rings. The number of benzene rings is 2. The smallest absolute Gasteiger partial charge is 0.315 e. The fourth-order valence-corrected chi connectivity index (χ4v) is 2.77. The highest BCUT2D eigenvalue weighted by Gasteiger charge is 2.03. The second-order valence-electron chi connectivity index (χ2n) is 6.43. The van der Waals surface area contributed by atoms with Gasteiger partial charge in [0.1, 0.15) is 0 Å². The minimum atomic E-state index is -0.203. The molecule has 6 heteroatoms. The summed E-state index contributed by atoms with van der Waals surface area (Å²) in [5, 5.41) is 18.8. The minimum absolute atomic E-state index is 0.142. The Morgan fingerprint density at radius 1 is 0.926 bits per heavy atom. The summed E-state index contributed by atoms with van der Waals surface area (Å²) in [4.78, 5) is 12.0. The van der Waals surface area contributed by atoms with Gasteiger partial charge in [0.2, 0.25) is 0 Å². The summed E-state index contributed by atoms with van der Waals surface area (Å²) in [6.45, 7) is 1.07. The molecule has 1 aromatic heterocycles. The third-order valence-electron chi connectivity index (χ3n) is 4.32. The van der Waals surface area contributed by atoms with E-state index in [1.165, 1.54) is 0 Å². The number of aliphatic hydroxyl groups is 1. The molecule has 6 nitrogen and oxygen atoms in total. The van der Waals surface area contributed by atoms with Crippen LogP contribution in [0.1, 0.15) is 16.7 Å². The zero-order valence-corrected chi connectivity index (χ0v) is 15.4. The first-order valence-electron chi connectivity index (χ1n) is 8.92. The second-order valence-corrected chi connectivity index (χ2v) is 6.43. The molecule has 0 saturated carbocycles. The van der Waals surface area contributed by atoms with Gasteiger partial charge in [-0.3, -0.25) is 4.68 Å². The predicted octanol–water partition coefficient (Wildman–Crippen LogP) is 2.62. The third-order valence-corrected chi connectivity index (χ3v) is 4.32. The number of hydrogen-bond acceptors (Lipinski definition) is 3. The normalized spacial score (nSPS) is 10.6. The van der Waals surface area contributed by atoms with Crippen LogP contribution in [0.5, 0.6) is 0 Å². The summed E-state index contributed by atoms with van der Waals surface area (Å²) in [5.74, 6) is 0. The highest BCUT2D eigenvalue weighted by atomic mass is 16.3. The van der Waals surface area contributed by atoms with Gasteiger partial charge in [0.15, 0.2) is 0 Å². The van der Waals surface area contributed by atoms with E-state index in [2.05, 4.69) is 15.7 Å². The van der Waals surface area contributed by atoms with Crippen LogP contribution in [0.4, 0.5) is 4.79 Å². The van der Waals surface area contributed by atoms with Gasteiger partial charge in [-0.25, -0.2) is 4.79 Å². The van der Waals surface area contributed by atoms with Crippen LogP contribution in [0.3, 0.4) is 0 Å². The maximum absolute atomic E-state index is 12.0. The molecule has 27 heavy (non-hydrogen) atoms. The topological polar surface area (TPSA) is 79.2 Å². The van der Waals surface area contributed by atoms with Crippen molar-refractivity contribution in [1.29, 1.82) is 0 Å². The van der Waals surface area contributed by atoms with Gasteiger partial charge in [0.05, 0.1) is 6.20 Å². The molecule has 0 aliphatic heterocycles. The Kier molecular flexibility index (Phi) is 6.22. The van der Waals surface area contributed by atoms with Crippen molar-refractivity contribution in [2.24, 2.45) is 7.05 Å². The molecule has 0 unspecified atom stereocenters. The highest BCUT2D eigenvalue weighted by Crippen LogP contribution is 2.18. The van der Waals surface area contributed by atoms with E-state index in [0.29, 0.717) is 19.5 Å². The number of rotatable bonds is 7. The Bertz CT molecular complexity index is 870. The molecule has 0 saturated heterocycles. The van der Waals surface area contributed by atoms with E-state index in [0.717, 1.165) is 27.8 Å². The Labute approximate surface area is 158 Å². The van der Waals surface area contributed by atoms with E-state index in [-0.39, 0.29) is 12.6 Å². The number of nitrogens with one attached hydrogen (secondary N) is 2. The maximum Gasteiger partial charge on any atom is 0.315 e. The Balaban J connectivity index is 1.44. The van der Waals surface area contributed by atoms with Crippen molar-refractivity contribution >= 4 is 6.03 Å². The lowest BCUT2D eigenvalue weighted by Crippen LogP contribution is -2.34. The molecule has 3 rings (SSSR count). The van der Waals surface area contributed by atoms with Crippen molar-refractivity contribution in [1.82, 2.24) is 20.4 Å². The molecule has 140 valence electrons. The Morgan fingerprint density at radius 2 is 1.48 bits per heavy atom. The molecule has 2 aromatic carbocycles. The number of amides is 2. The van der Waals surface area contributed by atoms with Crippen LogP contribution < -0.4 is 10.6 Å². The quantitative estimate of drug-likeness (QED) is 0.603. The van der Waals surface area contributed by atoms with Crippen molar-refractivity contribution in [3.05, 3.63) is 77.6 Å². The minimum Gasteiger partial charge on any atom is -0.396 e. The number of urea groups is 1. The zero-order valence-electron chi connectivity index (χ0n) is 15.4. The van der Waals surface area contributed by atoms with E-state index >= 15 is 0 Å². The molecule has 0 bridgehead atoms. The van der Waals surface area contributed by atoms with Gasteiger partial charge in [-0.05, 0) is 28.7 Å². The van der Waals surface area contributed by atoms with Crippen molar-refractivity contribution < 1.29 is 9.90 Å². The first-order chi connectivity index (χ1) is 13.1. The second kappa shape index (κ2) is 9.00. The fourth-order valence-electron chi connectivity index (χ4n) is 2.77. The van der Waals surface area contributed by atoms with E-state index in [1.807, 2.05) is 68.0 Å². The third kappa shape index (κ3) is 5.43. The average Bonchev–Trinajstić information content (AvgIpc) is 3.13. The summed E-state index contributed by atoms with van der Waals surface area (Å²) in [6.07, 6.45) is 4.45. The monoisotopic (exact) mass is 364 g/mol. The molecule has 1 heterocycles. The van der Waals surface area contributed by atoms with Crippen LogP contribution in [-0.2, 0) is 26.6 Å². The molecule has 0 spiro atoms. The van der Waals surface area contributed by atoms with Crippen molar-refractivity contribution in [3.63, 3.8) is 0 Å². The Hall–Kier alpha value is -3.12. The van der Waals surface area contributed by atoms with Gasteiger partial charge >= 0.3 is 6.03 Å². The largest absolute Gasteiger partial charge is 0.396 e. The van der Waals surface area contributed by atoms with Gasteiger partial charge in [-0.2, -0.15) is 5.10 Å². The maximum atomic E-state index is 12.0. The summed E-state index contributed by atoms with van der Waals surface area (Å²) in [5.41, 5.74) is 5.31. The molecule has 0 atom stereocenters. The van der Waals surface area contributed by atoms with Crippen LogP contribution in [0.2, 0.25) is 0 Å². The molecule has 0 aliphatic carbocycles. The van der Waals surface area contributed by atoms with Crippen LogP contribution in [0.15, 0.2) is 60.9 Å². The van der Waals surface area contributed by atoms with E-state index in [4.69, 9.17) is 5.11 Å².